The number of rotatable bonds is 4. The molecular weight excluding hydrogens is 364 g/mol. The molecule has 5 rings (SSSR count). The first kappa shape index (κ1) is 17.1. The van der Waals surface area contributed by atoms with Crippen LogP contribution in [0.3, 0.4) is 0 Å². The zero-order chi connectivity index (χ0) is 19.8. The number of nitrogens with one attached hydrogen (secondary N) is 2. The fourth-order valence-corrected chi connectivity index (χ4v) is 3.43. The number of anilines is 2. The van der Waals surface area contributed by atoms with E-state index in [2.05, 4.69) is 15.7 Å². The first-order chi connectivity index (χ1) is 14.2. The van der Waals surface area contributed by atoms with Gasteiger partial charge >= 0.3 is 0 Å². The van der Waals surface area contributed by atoms with Gasteiger partial charge in [0.25, 0.3) is 5.91 Å². The van der Waals surface area contributed by atoms with Crippen LogP contribution in [-0.2, 0) is 11.8 Å². The molecule has 142 valence electrons. The maximum absolute atomic E-state index is 12.5. The molecule has 0 radical (unpaired) electrons. The minimum atomic E-state index is -0.144. The van der Waals surface area contributed by atoms with Crippen LogP contribution in [-0.4, -0.2) is 15.7 Å². The summed E-state index contributed by atoms with van der Waals surface area (Å²) in [6.45, 7) is 0. The Kier molecular flexibility index (Phi) is 4.02. The third-order valence-electron chi connectivity index (χ3n) is 4.92. The minimum absolute atomic E-state index is 0.144. The molecule has 0 unspecified atom stereocenters. The van der Waals surface area contributed by atoms with Gasteiger partial charge in [-0.25, -0.2) is 0 Å². The van der Waals surface area contributed by atoms with Crippen molar-refractivity contribution in [3.8, 4) is 22.6 Å². The van der Waals surface area contributed by atoms with Gasteiger partial charge in [-0.1, -0.05) is 42.5 Å². The molecule has 0 bridgehead atoms. The van der Waals surface area contributed by atoms with E-state index in [-0.39, 0.29) is 5.91 Å². The molecule has 4 aromatic rings. The summed E-state index contributed by atoms with van der Waals surface area (Å²) >= 11 is 0. The zero-order valence-electron chi connectivity index (χ0n) is 15.7. The zero-order valence-corrected chi connectivity index (χ0v) is 15.7. The van der Waals surface area contributed by atoms with Gasteiger partial charge in [-0.15, -0.1) is 0 Å². The highest BCUT2D eigenvalue weighted by molar-refractivity contribution is 6.31. The van der Waals surface area contributed by atoms with E-state index in [1.54, 1.807) is 17.1 Å². The van der Waals surface area contributed by atoms with Gasteiger partial charge in [-0.05, 0) is 18.2 Å². The summed E-state index contributed by atoms with van der Waals surface area (Å²) < 4.78 is 7.20. The summed E-state index contributed by atoms with van der Waals surface area (Å²) in [5.41, 5.74) is 5.03. The van der Waals surface area contributed by atoms with Crippen LogP contribution >= 0.6 is 0 Å². The average molecular weight is 382 g/mol. The van der Waals surface area contributed by atoms with E-state index in [9.17, 15) is 4.79 Å². The van der Waals surface area contributed by atoms with Crippen LogP contribution in [0, 0.1) is 0 Å². The normalized spacial score (nSPS) is 14.1. The summed E-state index contributed by atoms with van der Waals surface area (Å²) in [6.07, 6.45) is 3.35. The van der Waals surface area contributed by atoms with Crippen molar-refractivity contribution in [1.29, 1.82) is 0 Å². The van der Waals surface area contributed by atoms with Crippen molar-refractivity contribution in [3.05, 3.63) is 84.8 Å². The predicted octanol–water partition coefficient (Wildman–Crippen LogP) is 4.75. The topological polar surface area (TPSA) is 72.1 Å². The van der Waals surface area contributed by atoms with E-state index in [1.807, 2.05) is 73.8 Å². The number of hydrogen-bond donors (Lipinski definition) is 2. The first-order valence-corrected chi connectivity index (χ1v) is 9.25. The summed E-state index contributed by atoms with van der Waals surface area (Å²) in [7, 11) is 1.87. The number of furan rings is 1. The molecule has 1 aliphatic rings. The number of nitrogens with zero attached hydrogens (tertiary/aromatic N) is 2. The van der Waals surface area contributed by atoms with Crippen molar-refractivity contribution in [2.24, 2.45) is 7.05 Å². The van der Waals surface area contributed by atoms with Gasteiger partial charge in [0.1, 0.15) is 11.6 Å². The maximum atomic E-state index is 12.5. The molecule has 6 heteroatoms. The van der Waals surface area contributed by atoms with Crippen LogP contribution in [0.1, 0.15) is 5.56 Å². The molecule has 2 aromatic heterocycles. The van der Waals surface area contributed by atoms with Gasteiger partial charge in [-0.3, -0.25) is 9.48 Å². The third-order valence-corrected chi connectivity index (χ3v) is 4.92. The predicted molar refractivity (Wildman–Crippen MR) is 113 cm³/mol. The Balaban J connectivity index is 1.43. The molecule has 2 aromatic carbocycles. The van der Waals surface area contributed by atoms with Gasteiger partial charge < -0.3 is 15.1 Å². The molecule has 0 atom stereocenters. The highest BCUT2D eigenvalue weighted by Gasteiger charge is 2.25. The second kappa shape index (κ2) is 6.83. The Bertz CT molecular complexity index is 1220. The number of fused-ring (bicyclic) bond motifs is 1. The van der Waals surface area contributed by atoms with Crippen molar-refractivity contribution in [1.82, 2.24) is 9.78 Å². The number of carbonyl (C=O) groups excluding carboxylic acids is 1. The first-order valence-electron chi connectivity index (χ1n) is 9.25. The van der Waals surface area contributed by atoms with Crippen molar-refractivity contribution in [2.45, 2.75) is 0 Å². The number of benzene rings is 2. The summed E-state index contributed by atoms with van der Waals surface area (Å²) in [6, 6.07) is 21.5. The fraction of sp³-hybridized carbons (Fsp3) is 0.0435. The lowest BCUT2D eigenvalue weighted by Crippen LogP contribution is -2.06. The smallest absolute Gasteiger partial charge is 0.257 e. The molecule has 2 N–H and O–H groups in total. The van der Waals surface area contributed by atoms with Gasteiger partial charge in [-0.2, -0.15) is 5.10 Å². The van der Waals surface area contributed by atoms with E-state index in [0.29, 0.717) is 5.57 Å². The molecule has 0 spiro atoms. The maximum Gasteiger partial charge on any atom is 0.257 e. The summed E-state index contributed by atoms with van der Waals surface area (Å²) in [5.74, 6) is 1.42. The van der Waals surface area contributed by atoms with Crippen LogP contribution in [0.2, 0.25) is 0 Å². The lowest BCUT2D eigenvalue weighted by atomic mass is 10.0. The van der Waals surface area contributed by atoms with Crippen molar-refractivity contribution in [2.75, 3.05) is 10.6 Å². The Morgan fingerprint density at radius 3 is 2.69 bits per heavy atom. The van der Waals surface area contributed by atoms with Gasteiger partial charge in [0.05, 0.1) is 17.5 Å². The Morgan fingerprint density at radius 1 is 1.03 bits per heavy atom. The largest absolute Gasteiger partial charge is 0.464 e. The Hall–Kier alpha value is -4.06. The van der Waals surface area contributed by atoms with Gasteiger partial charge in [0, 0.05) is 41.7 Å². The van der Waals surface area contributed by atoms with Crippen molar-refractivity contribution < 1.29 is 9.21 Å². The quantitative estimate of drug-likeness (QED) is 0.500. The van der Waals surface area contributed by atoms with E-state index in [4.69, 9.17) is 4.42 Å². The molecule has 6 nitrogen and oxygen atoms in total. The number of carbonyl (C=O) groups is 1. The van der Waals surface area contributed by atoms with Crippen LogP contribution in [0.5, 0.6) is 0 Å². The summed E-state index contributed by atoms with van der Waals surface area (Å²) in [4.78, 5) is 12.5. The van der Waals surface area contributed by atoms with Crippen molar-refractivity contribution >= 4 is 23.0 Å². The monoisotopic (exact) mass is 382 g/mol. The lowest BCUT2D eigenvalue weighted by Gasteiger charge is -2.03. The van der Waals surface area contributed by atoms with Crippen LogP contribution in [0.15, 0.2) is 83.6 Å². The highest BCUT2D eigenvalue weighted by atomic mass is 16.3. The molecule has 1 aliphatic heterocycles. The molecule has 0 fully saturated rings. The molecule has 0 saturated carbocycles. The molecule has 29 heavy (non-hydrogen) atoms. The molecular formula is C23H18N4O2. The number of amides is 1. The molecule has 1 amide bonds. The van der Waals surface area contributed by atoms with Crippen LogP contribution in [0.4, 0.5) is 11.5 Å². The molecule has 0 saturated heterocycles. The third kappa shape index (κ3) is 3.10. The second-order valence-electron chi connectivity index (χ2n) is 6.80. The number of aromatic nitrogens is 2. The van der Waals surface area contributed by atoms with E-state index >= 15 is 0 Å². The minimum Gasteiger partial charge on any atom is -0.464 e. The Labute approximate surface area is 167 Å². The average Bonchev–Trinajstić information content (AvgIpc) is 3.46. The van der Waals surface area contributed by atoms with E-state index in [0.717, 1.165) is 39.6 Å². The number of hydrogen-bond acceptors (Lipinski definition) is 4. The molecule has 0 aliphatic carbocycles. The SMILES string of the molecule is Cn1nc(-c2ccccc2)cc1NC=C1C(=O)Nc2cc(-c3ccco3)ccc21. The van der Waals surface area contributed by atoms with Crippen LogP contribution in [0.25, 0.3) is 28.2 Å². The standard InChI is InChI=1S/C23H18N4O2/c1-27-22(13-19(26-27)15-6-3-2-4-7-15)24-14-18-17-10-9-16(21-8-5-11-29-21)12-20(17)25-23(18)28/h2-14,24H,1H3,(H,25,28). The molecule has 3 heterocycles. The lowest BCUT2D eigenvalue weighted by molar-refractivity contribution is -0.110. The highest BCUT2D eigenvalue weighted by Crippen LogP contribution is 2.35. The summed E-state index contributed by atoms with van der Waals surface area (Å²) in [5, 5.41) is 10.7. The van der Waals surface area contributed by atoms with Crippen LogP contribution < -0.4 is 10.6 Å². The number of aryl methyl sites for hydroxylation is 1. The van der Waals surface area contributed by atoms with Crippen molar-refractivity contribution in [3.63, 3.8) is 0 Å². The Morgan fingerprint density at radius 2 is 1.90 bits per heavy atom. The van der Waals surface area contributed by atoms with E-state index in [1.165, 1.54) is 0 Å². The van der Waals surface area contributed by atoms with Gasteiger partial charge in [0.2, 0.25) is 0 Å². The van der Waals surface area contributed by atoms with Gasteiger partial charge in [0.15, 0.2) is 0 Å². The van der Waals surface area contributed by atoms with E-state index < -0.39 is 0 Å². The second-order valence-corrected chi connectivity index (χ2v) is 6.80. The fourth-order valence-electron chi connectivity index (χ4n) is 3.43.